The molecule has 1 aliphatic heterocycles. The van der Waals surface area contributed by atoms with Crippen LogP contribution in [0.15, 0.2) is 0 Å². The van der Waals surface area contributed by atoms with Crippen molar-refractivity contribution in [2.45, 2.75) is 38.9 Å². The molecule has 18 heavy (non-hydrogen) atoms. The van der Waals surface area contributed by atoms with Crippen molar-refractivity contribution < 1.29 is 14.0 Å². The third-order valence-electron chi connectivity index (χ3n) is 3.89. The number of carbonyl (C=O) groups is 2. The average molecular weight is 272 g/mol. The summed E-state index contributed by atoms with van der Waals surface area (Å²) >= 11 is 0. The summed E-state index contributed by atoms with van der Waals surface area (Å²) in [5.41, 5.74) is 0. The third-order valence-corrected chi connectivity index (χ3v) is 8.43. The molecule has 0 radical (unpaired) electrons. The number of nitrogens with zero attached hydrogens (tertiary/aromatic N) is 2. The smallest absolute Gasteiger partial charge is 0.327 e. The molecule has 1 heterocycles. The molecule has 1 rings (SSSR count). The van der Waals surface area contributed by atoms with Crippen molar-refractivity contribution in [2.24, 2.45) is 0 Å². The van der Waals surface area contributed by atoms with Gasteiger partial charge in [-0.2, -0.15) is 0 Å². The molecule has 1 fully saturated rings. The fourth-order valence-corrected chi connectivity index (χ4v) is 2.49. The van der Waals surface area contributed by atoms with Crippen molar-refractivity contribution in [1.29, 1.82) is 0 Å². The number of rotatable bonds is 4. The number of urea groups is 1. The number of hydrogen-bond acceptors (Lipinski definition) is 3. The van der Waals surface area contributed by atoms with Crippen LogP contribution in [-0.4, -0.2) is 56.8 Å². The Balaban J connectivity index is 2.44. The molecule has 0 bridgehead atoms. The largest absolute Gasteiger partial charge is 0.415 e. The van der Waals surface area contributed by atoms with Crippen LogP contribution in [0, 0.1) is 0 Å². The maximum Gasteiger partial charge on any atom is 0.327 e. The summed E-state index contributed by atoms with van der Waals surface area (Å²) < 4.78 is 5.99. The maximum absolute atomic E-state index is 11.7. The first-order valence-corrected chi connectivity index (χ1v) is 9.16. The molecule has 0 unspecified atom stereocenters. The Morgan fingerprint density at radius 2 is 1.83 bits per heavy atom. The lowest BCUT2D eigenvalue weighted by atomic mass is 10.2. The molecule has 6 heteroatoms. The van der Waals surface area contributed by atoms with Gasteiger partial charge in [0, 0.05) is 13.6 Å². The van der Waals surface area contributed by atoms with Gasteiger partial charge in [-0.05, 0) is 18.1 Å². The molecule has 0 N–H and O–H groups in total. The molecule has 5 nitrogen and oxygen atoms in total. The monoisotopic (exact) mass is 272 g/mol. The van der Waals surface area contributed by atoms with Crippen LogP contribution >= 0.6 is 0 Å². The topological polar surface area (TPSA) is 49.9 Å². The first-order valence-electron chi connectivity index (χ1n) is 6.26. The quantitative estimate of drug-likeness (QED) is 0.580. The van der Waals surface area contributed by atoms with Gasteiger partial charge in [-0.15, -0.1) is 0 Å². The number of amides is 3. The van der Waals surface area contributed by atoms with Crippen molar-refractivity contribution in [3.63, 3.8) is 0 Å². The molecule has 1 saturated heterocycles. The van der Waals surface area contributed by atoms with E-state index in [1.54, 1.807) is 0 Å². The molecule has 0 aromatic heterocycles. The minimum absolute atomic E-state index is 0.146. The van der Waals surface area contributed by atoms with Gasteiger partial charge in [0.2, 0.25) is 5.91 Å². The zero-order valence-corrected chi connectivity index (χ0v) is 13.2. The Kier molecular flexibility index (Phi) is 4.22. The van der Waals surface area contributed by atoms with Crippen LogP contribution in [0.3, 0.4) is 0 Å². The van der Waals surface area contributed by atoms with E-state index in [0.29, 0.717) is 13.2 Å². The highest BCUT2D eigenvalue weighted by Crippen LogP contribution is 2.36. The average Bonchev–Trinajstić information content (AvgIpc) is 2.44. The van der Waals surface area contributed by atoms with Crippen LogP contribution in [0.5, 0.6) is 0 Å². The highest BCUT2D eigenvalue weighted by molar-refractivity contribution is 6.74. The number of likely N-dealkylation sites (N-methyl/N-ethyl adjacent to an activating group) is 1. The van der Waals surface area contributed by atoms with Gasteiger partial charge in [-0.3, -0.25) is 9.69 Å². The minimum Gasteiger partial charge on any atom is -0.415 e. The van der Waals surface area contributed by atoms with Crippen LogP contribution in [0.4, 0.5) is 4.79 Å². The third kappa shape index (κ3) is 3.11. The van der Waals surface area contributed by atoms with Gasteiger partial charge >= 0.3 is 6.03 Å². The highest BCUT2D eigenvalue weighted by atomic mass is 28.4. The van der Waals surface area contributed by atoms with Gasteiger partial charge in [0.1, 0.15) is 6.54 Å². The van der Waals surface area contributed by atoms with E-state index in [0.717, 1.165) is 4.90 Å². The van der Waals surface area contributed by atoms with Gasteiger partial charge in [0.05, 0.1) is 6.61 Å². The Labute approximate surface area is 110 Å². The second-order valence-corrected chi connectivity index (χ2v) is 11.1. The van der Waals surface area contributed by atoms with Gasteiger partial charge < -0.3 is 9.33 Å². The summed E-state index contributed by atoms with van der Waals surface area (Å²) in [4.78, 5) is 25.7. The summed E-state index contributed by atoms with van der Waals surface area (Å²) in [6.07, 6.45) is 0. The Hall–Kier alpha value is -0.883. The molecule has 104 valence electrons. The lowest BCUT2D eigenvalue weighted by Crippen LogP contribution is -2.43. The van der Waals surface area contributed by atoms with E-state index in [9.17, 15) is 9.59 Å². The van der Waals surface area contributed by atoms with Gasteiger partial charge in [-0.1, -0.05) is 20.8 Å². The molecule has 0 aliphatic carbocycles. The minimum atomic E-state index is -1.77. The van der Waals surface area contributed by atoms with E-state index in [-0.39, 0.29) is 23.5 Å². The van der Waals surface area contributed by atoms with E-state index in [1.807, 2.05) is 0 Å². The van der Waals surface area contributed by atoms with Crippen molar-refractivity contribution in [3.05, 3.63) is 0 Å². The summed E-state index contributed by atoms with van der Waals surface area (Å²) in [6, 6.07) is -0.223. The molecule has 0 saturated carbocycles. The maximum atomic E-state index is 11.7. The van der Waals surface area contributed by atoms with E-state index in [4.69, 9.17) is 4.43 Å². The van der Waals surface area contributed by atoms with Crippen molar-refractivity contribution in [1.82, 2.24) is 9.80 Å². The molecule has 0 spiro atoms. The predicted molar refractivity (Wildman–Crippen MR) is 72.9 cm³/mol. The van der Waals surface area contributed by atoms with Crippen LogP contribution < -0.4 is 0 Å². The van der Waals surface area contributed by atoms with E-state index < -0.39 is 8.32 Å². The van der Waals surface area contributed by atoms with Crippen LogP contribution in [-0.2, 0) is 9.22 Å². The molecule has 0 atom stereocenters. The highest BCUT2D eigenvalue weighted by Gasteiger charge is 2.38. The normalized spacial score (nSPS) is 17.9. The van der Waals surface area contributed by atoms with Crippen LogP contribution in [0.2, 0.25) is 18.1 Å². The van der Waals surface area contributed by atoms with Crippen molar-refractivity contribution in [3.8, 4) is 0 Å². The van der Waals surface area contributed by atoms with E-state index in [2.05, 4.69) is 33.9 Å². The number of carbonyl (C=O) groups excluding carboxylic acids is 2. The molecule has 3 amide bonds. The van der Waals surface area contributed by atoms with E-state index in [1.165, 1.54) is 11.9 Å². The summed E-state index contributed by atoms with van der Waals surface area (Å²) in [5.74, 6) is -0.146. The predicted octanol–water partition coefficient (Wildman–Crippen LogP) is 1.90. The second-order valence-electron chi connectivity index (χ2n) is 6.27. The molecule has 1 aliphatic rings. The lowest BCUT2D eigenvalue weighted by Gasteiger charge is -2.36. The van der Waals surface area contributed by atoms with Crippen molar-refractivity contribution >= 4 is 20.3 Å². The Bertz CT molecular complexity index is 350. The Morgan fingerprint density at radius 1 is 1.28 bits per heavy atom. The molecule has 0 aromatic rings. The van der Waals surface area contributed by atoms with Gasteiger partial charge in [-0.25, -0.2) is 4.79 Å². The molecule has 0 aromatic carbocycles. The molecular weight excluding hydrogens is 248 g/mol. The number of imide groups is 1. The molecular formula is C12H24N2O3Si. The summed E-state index contributed by atoms with van der Waals surface area (Å²) in [6.45, 7) is 12.1. The zero-order valence-electron chi connectivity index (χ0n) is 12.2. The lowest BCUT2D eigenvalue weighted by molar-refractivity contribution is -0.124. The van der Waals surface area contributed by atoms with E-state index >= 15 is 0 Å². The first-order chi connectivity index (χ1) is 8.06. The first kappa shape index (κ1) is 15.2. The standard InChI is InChI=1S/C12H24N2O3Si/c1-12(2,3)18(5,6)17-8-7-14-9-10(15)13(4)11(14)16/h7-9H2,1-6H3. The van der Waals surface area contributed by atoms with Crippen LogP contribution in [0.25, 0.3) is 0 Å². The zero-order chi connectivity index (χ0) is 14.1. The summed E-state index contributed by atoms with van der Waals surface area (Å²) in [5, 5.41) is 0.161. The van der Waals surface area contributed by atoms with Gasteiger partial charge in [0.25, 0.3) is 0 Å². The Morgan fingerprint density at radius 3 is 2.22 bits per heavy atom. The van der Waals surface area contributed by atoms with Crippen LogP contribution in [0.1, 0.15) is 20.8 Å². The SMILES string of the molecule is CN1C(=O)CN(CCO[Si](C)(C)C(C)(C)C)C1=O. The fourth-order valence-electron chi connectivity index (χ4n) is 1.46. The summed E-state index contributed by atoms with van der Waals surface area (Å²) in [7, 11) is -0.256. The fraction of sp³-hybridized carbons (Fsp3) is 0.833. The second kappa shape index (κ2) is 5.01. The number of hydrogen-bond donors (Lipinski definition) is 0. The van der Waals surface area contributed by atoms with Crippen molar-refractivity contribution in [2.75, 3.05) is 26.7 Å². The van der Waals surface area contributed by atoms with Gasteiger partial charge in [0.15, 0.2) is 8.32 Å².